The number of benzene rings is 1. The van der Waals surface area contributed by atoms with Gasteiger partial charge in [-0.15, -0.1) is 0 Å². The summed E-state index contributed by atoms with van der Waals surface area (Å²) in [6.07, 6.45) is 4.14. The first-order valence-electron chi connectivity index (χ1n) is 8.87. The molecule has 3 rings (SSSR count). The van der Waals surface area contributed by atoms with E-state index < -0.39 is 0 Å². The molecule has 1 aromatic carbocycles. The van der Waals surface area contributed by atoms with Crippen LogP contribution in [0.4, 0.5) is 5.82 Å². The first-order valence-corrected chi connectivity index (χ1v) is 10.2. The van der Waals surface area contributed by atoms with Crippen LogP contribution in [0.1, 0.15) is 35.8 Å². The fourth-order valence-corrected chi connectivity index (χ4v) is 4.03. The van der Waals surface area contributed by atoms with Crippen LogP contribution in [0.5, 0.6) is 0 Å². The van der Waals surface area contributed by atoms with Crippen molar-refractivity contribution in [3.05, 3.63) is 46.1 Å². The van der Waals surface area contributed by atoms with Gasteiger partial charge in [0.1, 0.15) is 11.9 Å². The van der Waals surface area contributed by atoms with Crippen molar-refractivity contribution in [2.75, 3.05) is 31.3 Å². The molecule has 0 radical (unpaired) electrons. The molecular formula is C19H24ClN3O2S. The third-order valence-corrected chi connectivity index (χ3v) is 5.65. The number of fused-ring (bicyclic) bond motifs is 1. The van der Waals surface area contributed by atoms with Crippen LogP contribution in [0.2, 0.25) is 5.02 Å². The molecule has 5 nitrogen and oxygen atoms in total. The molecule has 140 valence electrons. The summed E-state index contributed by atoms with van der Waals surface area (Å²) in [4.78, 5) is 9.37. The van der Waals surface area contributed by atoms with Gasteiger partial charge in [0.05, 0.1) is 12.3 Å². The van der Waals surface area contributed by atoms with Crippen molar-refractivity contribution < 1.29 is 9.84 Å². The van der Waals surface area contributed by atoms with E-state index in [-0.39, 0.29) is 12.7 Å². The van der Waals surface area contributed by atoms with Gasteiger partial charge in [-0.3, -0.25) is 0 Å². The van der Waals surface area contributed by atoms with Gasteiger partial charge in [-0.2, -0.15) is 0 Å². The lowest BCUT2D eigenvalue weighted by Gasteiger charge is -2.22. The minimum absolute atomic E-state index is 0.117. The standard InChI is InChI=1S/C19H24ClN3O2S/c1-25-17(13-6-2-4-8-15(13)20)12-21-18-14-7-3-5-9-16(14)22-19(23-18)26-11-10-24/h2,4,6,8,17,24H,3,5,7,9-12H2,1H3,(H,21,22,23). The van der Waals surface area contributed by atoms with Gasteiger partial charge in [0.25, 0.3) is 0 Å². The monoisotopic (exact) mass is 393 g/mol. The van der Waals surface area contributed by atoms with E-state index in [4.69, 9.17) is 21.4 Å². The van der Waals surface area contributed by atoms with Gasteiger partial charge in [-0.05, 0) is 31.7 Å². The molecular weight excluding hydrogens is 370 g/mol. The van der Waals surface area contributed by atoms with E-state index in [2.05, 4.69) is 15.3 Å². The van der Waals surface area contributed by atoms with Gasteiger partial charge in [0.2, 0.25) is 0 Å². The first kappa shape index (κ1) is 19.4. The van der Waals surface area contributed by atoms with Crippen LogP contribution in [-0.4, -0.2) is 41.1 Å². The Balaban J connectivity index is 1.80. The third kappa shape index (κ3) is 4.68. The smallest absolute Gasteiger partial charge is 0.189 e. The number of aliphatic hydroxyl groups excluding tert-OH is 1. The Morgan fingerprint density at radius 3 is 2.85 bits per heavy atom. The maximum Gasteiger partial charge on any atom is 0.189 e. The Morgan fingerprint density at radius 2 is 2.08 bits per heavy atom. The van der Waals surface area contributed by atoms with E-state index in [1.54, 1.807) is 7.11 Å². The molecule has 0 bridgehead atoms. The van der Waals surface area contributed by atoms with E-state index in [0.29, 0.717) is 22.5 Å². The fourth-order valence-electron chi connectivity index (χ4n) is 3.16. The zero-order valence-electron chi connectivity index (χ0n) is 14.9. The molecule has 2 aromatic rings. The summed E-state index contributed by atoms with van der Waals surface area (Å²) in [6.45, 7) is 0.694. The van der Waals surface area contributed by atoms with Crippen LogP contribution in [0.15, 0.2) is 29.4 Å². The second-order valence-corrected chi connectivity index (χ2v) is 7.66. The van der Waals surface area contributed by atoms with Crippen LogP contribution in [0, 0.1) is 0 Å². The second kappa shape index (κ2) is 9.55. The predicted molar refractivity (Wildman–Crippen MR) is 106 cm³/mol. The molecule has 1 aliphatic carbocycles. The average Bonchev–Trinajstić information content (AvgIpc) is 2.68. The molecule has 1 aromatic heterocycles. The molecule has 1 aliphatic rings. The quantitative estimate of drug-likeness (QED) is 0.523. The molecule has 26 heavy (non-hydrogen) atoms. The van der Waals surface area contributed by atoms with Gasteiger partial charge in [-0.25, -0.2) is 9.97 Å². The Bertz CT molecular complexity index is 745. The van der Waals surface area contributed by atoms with Crippen molar-refractivity contribution in [1.82, 2.24) is 9.97 Å². The van der Waals surface area contributed by atoms with Gasteiger partial charge < -0.3 is 15.2 Å². The summed E-state index contributed by atoms with van der Waals surface area (Å²) in [5, 5.41) is 13.9. The summed E-state index contributed by atoms with van der Waals surface area (Å²) in [5.74, 6) is 1.47. The highest BCUT2D eigenvalue weighted by atomic mass is 35.5. The van der Waals surface area contributed by atoms with E-state index in [1.807, 2.05) is 24.3 Å². The van der Waals surface area contributed by atoms with Crippen molar-refractivity contribution in [3.63, 3.8) is 0 Å². The Morgan fingerprint density at radius 1 is 1.27 bits per heavy atom. The molecule has 0 aliphatic heterocycles. The molecule has 1 heterocycles. The normalized spacial score (nSPS) is 14.7. The molecule has 1 unspecified atom stereocenters. The van der Waals surface area contributed by atoms with Crippen LogP contribution in [0.25, 0.3) is 0 Å². The highest BCUT2D eigenvalue weighted by molar-refractivity contribution is 7.99. The predicted octanol–water partition coefficient (Wildman–Crippen LogP) is 3.89. The summed E-state index contributed by atoms with van der Waals surface area (Å²) in [7, 11) is 1.69. The van der Waals surface area contributed by atoms with Gasteiger partial charge >= 0.3 is 0 Å². The average molecular weight is 394 g/mol. The van der Waals surface area contributed by atoms with Gasteiger partial charge in [0, 0.05) is 35.6 Å². The maximum absolute atomic E-state index is 9.07. The van der Waals surface area contributed by atoms with Crippen LogP contribution in [-0.2, 0) is 17.6 Å². The third-order valence-electron chi connectivity index (χ3n) is 4.48. The molecule has 7 heteroatoms. The molecule has 0 saturated heterocycles. The molecule has 0 amide bonds. The number of hydrogen-bond donors (Lipinski definition) is 2. The van der Waals surface area contributed by atoms with Crippen LogP contribution in [0.3, 0.4) is 0 Å². The number of nitrogens with one attached hydrogen (secondary N) is 1. The maximum atomic E-state index is 9.07. The number of nitrogens with zero attached hydrogens (tertiary/aromatic N) is 2. The zero-order valence-corrected chi connectivity index (χ0v) is 16.4. The Labute approximate surface area is 163 Å². The number of thioether (sulfide) groups is 1. The lowest BCUT2D eigenvalue weighted by atomic mass is 9.96. The van der Waals surface area contributed by atoms with E-state index in [1.165, 1.54) is 17.3 Å². The van der Waals surface area contributed by atoms with Crippen molar-refractivity contribution in [2.24, 2.45) is 0 Å². The molecule has 1 atom stereocenters. The number of ether oxygens (including phenoxy) is 1. The van der Waals surface area contributed by atoms with Gasteiger partial charge in [-0.1, -0.05) is 41.6 Å². The van der Waals surface area contributed by atoms with E-state index in [9.17, 15) is 0 Å². The molecule has 2 N–H and O–H groups in total. The SMILES string of the molecule is COC(CNc1nc(SCCO)nc2c1CCCC2)c1ccccc1Cl. The van der Waals surface area contributed by atoms with Crippen molar-refractivity contribution in [1.29, 1.82) is 0 Å². The molecule has 0 saturated carbocycles. The summed E-state index contributed by atoms with van der Waals surface area (Å²) < 4.78 is 5.65. The molecule has 0 spiro atoms. The highest BCUT2D eigenvalue weighted by Gasteiger charge is 2.20. The lowest BCUT2D eigenvalue weighted by Crippen LogP contribution is -2.19. The van der Waals surface area contributed by atoms with Crippen molar-refractivity contribution in [2.45, 2.75) is 36.9 Å². The van der Waals surface area contributed by atoms with Crippen LogP contribution >= 0.6 is 23.4 Å². The minimum atomic E-state index is -0.161. The number of rotatable bonds is 8. The summed E-state index contributed by atoms with van der Waals surface area (Å²) >= 11 is 7.80. The number of methoxy groups -OCH3 is 1. The highest BCUT2D eigenvalue weighted by Crippen LogP contribution is 2.30. The largest absolute Gasteiger partial charge is 0.396 e. The second-order valence-electron chi connectivity index (χ2n) is 6.19. The number of anilines is 1. The van der Waals surface area contributed by atoms with Crippen LogP contribution < -0.4 is 5.32 Å². The fraction of sp³-hybridized carbons (Fsp3) is 0.474. The van der Waals surface area contributed by atoms with E-state index in [0.717, 1.165) is 42.8 Å². The first-order chi connectivity index (χ1) is 12.7. The number of hydrogen-bond acceptors (Lipinski definition) is 6. The Kier molecular flexibility index (Phi) is 7.14. The summed E-state index contributed by atoms with van der Waals surface area (Å²) in [6, 6.07) is 7.73. The number of aryl methyl sites for hydroxylation is 1. The van der Waals surface area contributed by atoms with E-state index >= 15 is 0 Å². The number of halogens is 1. The van der Waals surface area contributed by atoms with Gasteiger partial charge in [0.15, 0.2) is 5.16 Å². The lowest BCUT2D eigenvalue weighted by molar-refractivity contribution is 0.114. The number of aromatic nitrogens is 2. The molecule has 0 fully saturated rings. The minimum Gasteiger partial charge on any atom is -0.396 e. The summed E-state index contributed by atoms with van der Waals surface area (Å²) in [5.41, 5.74) is 3.29. The number of aliphatic hydroxyl groups is 1. The topological polar surface area (TPSA) is 67.3 Å². The van der Waals surface area contributed by atoms with Crippen molar-refractivity contribution >= 4 is 29.2 Å². The van der Waals surface area contributed by atoms with Crippen molar-refractivity contribution in [3.8, 4) is 0 Å². The Hall–Kier alpha value is -1.34. The zero-order chi connectivity index (χ0) is 18.4.